The van der Waals surface area contributed by atoms with Gasteiger partial charge < -0.3 is 9.53 Å². The van der Waals surface area contributed by atoms with E-state index in [2.05, 4.69) is 46.0 Å². The second kappa shape index (κ2) is 10.2. The highest BCUT2D eigenvalue weighted by atomic mass is 28.4. The van der Waals surface area contributed by atoms with Crippen LogP contribution >= 0.6 is 0 Å². The van der Waals surface area contributed by atoms with Crippen LogP contribution in [0.5, 0.6) is 0 Å². The fourth-order valence-corrected chi connectivity index (χ4v) is 5.62. The third kappa shape index (κ3) is 6.64. The number of carbonyl (C=O) groups excluding carboxylic acids is 1. The van der Waals surface area contributed by atoms with Crippen molar-refractivity contribution in [2.45, 2.75) is 103 Å². The summed E-state index contributed by atoms with van der Waals surface area (Å²) in [6.45, 7) is 11.3. The number of allylic oxidation sites excluding steroid dienone is 3. The van der Waals surface area contributed by atoms with Gasteiger partial charge in [0.05, 0.1) is 6.10 Å². The van der Waals surface area contributed by atoms with E-state index in [0.29, 0.717) is 18.6 Å². The van der Waals surface area contributed by atoms with Crippen molar-refractivity contribution in [2.24, 2.45) is 11.8 Å². The largest absolute Gasteiger partial charge is 0.481 e. The first-order chi connectivity index (χ1) is 13.5. The molecule has 0 aromatic carbocycles. The molecule has 0 heterocycles. The Hall–Kier alpha value is -1.20. The monoisotopic (exact) mass is 420 g/mol. The van der Waals surface area contributed by atoms with E-state index in [9.17, 15) is 9.59 Å². The molecule has 2 rings (SSSR count). The predicted octanol–water partition coefficient (Wildman–Crippen LogP) is 6.28. The zero-order valence-electron chi connectivity index (χ0n) is 19.0. The van der Waals surface area contributed by atoms with Crippen LogP contribution in [0.4, 0.5) is 0 Å². The molecule has 0 radical (unpaired) electrons. The number of unbranched alkanes of at least 4 members (excludes halogenated alkanes) is 1. The number of aliphatic carboxylic acids is 1. The second-order valence-electron chi connectivity index (χ2n) is 10.2. The van der Waals surface area contributed by atoms with Gasteiger partial charge in [0, 0.05) is 24.7 Å². The molecule has 0 aromatic heterocycles. The summed E-state index contributed by atoms with van der Waals surface area (Å²) in [6, 6.07) is 0. The third-order valence-electron chi connectivity index (χ3n) is 6.97. The zero-order chi connectivity index (χ0) is 21.7. The van der Waals surface area contributed by atoms with Gasteiger partial charge in [-0.15, -0.1) is 0 Å². The normalized spacial score (nSPS) is 26.2. The minimum atomic E-state index is -1.95. The van der Waals surface area contributed by atoms with Crippen LogP contribution in [0.2, 0.25) is 18.1 Å². The van der Waals surface area contributed by atoms with E-state index in [4.69, 9.17) is 9.53 Å². The minimum absolute atomic E-state index is 0.00448. The Morgan fingerprint density at radius 3 is 2.59 bits per heavy atom. The Kier molecular flexibility index (Phi) is 8.47. The quantitative estimate of drug-likeness (QED) is 0.271. The Bertz CT molecular complexity index is 642. The number of ketones is 1. The summed E-state index contributed by atoms with van der Waals surface area (Å²) in [7, 11) is -1.95. The van der Waals surface area contributed by atoms with E-state index in [1.54, 1.807) is 0 Å². The maximum absolute atomic E-state index is 13.0. The van der Waals surface area contributed by atoms with E-state index < -0.39 is 14.3 Å². The molecule has 3 atom stereocenters. The first-order valence-electron chi connectivity index (χ1n) is 11.3. The summed E-state index contributed by atoms with van der Waals surface area (Å²) in [5.41, 5.74) is 1.44. The Morgan fingerprint density at radius 2 is 2.00 bits per heavy atom. The summed E-state index contributed by atoms with van der Waals surface area (Å²) in [5.74, 6) is -0.204. The Labute approximate surface area is 177 Å². The fraction of sp³-hybridized carbons (Fsp3) is 0.750. The highest BCUT2D eigenvalue weighted by Gasteiger charge is 2.48. The first kappa shape index (κ1) is 24.1. The lowest BCUT2D eigenvalue weighted by Crippen LogP contribution is -2.45. The van der Waals surface area contributed by atoms with Gasteiger partial charge >= 0.3 is 5.97 Å². The maximum Gasteiger partial charge on any atom is 0.303 e. The number of carboxylic acid groups (broad SMARTS) is 1. The molecule has 2 aliphatic rings. The Balaban J connectivity index is 2.12. The van der Waals surface area contributed by atoms with Gasteiger partial charge in [-0.2, -0.15) is 0 Å². The van der Waals surface area contributed by atoms with Crippen LogP contribution in [0.25, 0.3) is 0 Å². The molecular formula is C24H40O4Si. The molecule has 5 heteroatoms. The van der Waals surface area contributed by atoms with Crippen LogP contribution < -0.4 is 0 Å². The number of Topliss-reactive ketones (excluding diaryl/α,β-unsaturated/α-hetero) is 1. The molecular weight excluding hydrogens is 380 g/mol. The molecule has 2 aliphatic carbocycles. The fourth-order valence-electron chi connectivity index (χ4n) is 4.28. The molecule has 29 heavy (non-hydrogen) atoms. The van der Waals surface area contributed by atoms with Crippen molar-refractivity contribution < 1.29 is 19.1 Å². The van der Waals surface area contributed by atoms with Crippen molar-refractivity contribution in [3.63, 3.8) is 0 Å². The average molecular weight is 421 g/mol. The summed E-state index contributed by atoms with van der Waals surface area (Å²) in [4.78, 5) is 23.6. The van der Waals surface area contributed by atoms with Gasteiger partial charge in [0.2, 0.25) is 0 Å². The molecule has 0 aliphatic heterocycles. The topological polar surface area (TPSA) is 63.6 Å². The SMILES string of the molecule is CC(C)(C)[Si](C)(C)O[C@@H]1CC(=O)[C@H](CC=CCCCC(=O)O)[C@H]1C1=CCCCC1. The number of carboxylic acids is 1. The molecule has 4 nitrogen and oxygen atoms in total. The lowest BCUT2D eigenvalue weighted by molar-refractivity contribution is -0.137. The molecule has 0 spiro atoms. The van der Waals surface area contributed by atoms with Crippen molar-refractivity contribution in [2.75, 3.05) is 0 Å². The summed E-state index contributed by atoms with van der Waals surface area (Å²) < 4.78 is 6.79. The van der Waals surface area contributed by atoms with E-state index in [1.807, 2.05) is 6.08 Å². The summed E-state index contributed by atoms with van der Waals surface area (Å²) in [5, 5.41) is 8.88. The van der Waals surface area contributed by atoms with E-state index >= 15 is 0 Å². The second-order valence-corrected chi connectivity index (χ2v) is 15.0. The molecule has 1 saturated carbocycles. The number of carbonyl (C=O) groups is 2. The molecule has 0 unspecified atom stereocenters. The highest BCUT2D eigenvalue weighted by molar-refractivity contribution is 6.74. The van der Waals surface area contributed by atoms with Crippen LogP contribution in [0, 0.1) is 11.8 Å². The van der Waals surface area contributed by atoms with Crippen molar-refractivity contribution >= 4 is 20.1 Å². The first-order valence-corrected chi connectivity index (χ1v) is 14.2. The number of hydrogen-bond acceptors (Lipinski definition) is 3. The van der Waals surface area contributed by atoms with Crippen molar-refractivity contribution in [1.82, 2.24) is 0 Å². The van der Waals surface area contributed by atoms with E-state index in [1.165, 1.54) is 18.4 Å². The maximum atomic E-state index is 13.0. The smallest absolute Gasteiger partial charge is 0.303 e. The van der Waals surface area contributed by atoms with Crippen LogP contribution in [0.1, 0.15) is 78.6 Å². The zero-order valence-corrected chi connectivity index (χ0v) is 20.0. The van der Waals surface area contributed by atoms with E-state index in [0.717, 1.165) is 25.7 Å². The average Bonchev–Trinajstić information content (AvgIpc) is 2.92. The number of hydrogen-bond donors (Lipinski definition) is 1. The van der Waals surface area contributed by atoms with Crippen molar-refractivity contribution in [3.05, 3.63) is 23.8 Å². The highest BCUT2D eigenvalue weighted by Crippen LogP contribution is 2.46. The Morgan fingerprint density at radius 1 is 1.28 bits per heavy atom. The predicted molar refractivity (Wildman–Crippen MR) is 120 cm³/mol. The number of rotatable bonds is 9. The lowest BCUT2D eigenvalue weighted by atomic mass is 9.80. The molecule has 0 saturated heterocycles. The van der Waals surface area contributed by atoms with Crippen molar-refractivity contribution in [1.29, 1.82) is 0 Å². The van der Waals surface area contributed by atoms with E-state index in [-0.39, 0.29) is 29.4 Å². The molecule has 1 N–H and O–H groups in total. The lowest BCUT2D eigenvalue weighted by Gasteiger charge is -2.40. The molecule has 164 valence electrons. The van der Waals surface area contributed by atoms with Crippen LogP contribution in [0.15, 0.2) is 23.8 Å². The van der Waals surface area contributed by atoms with Gasteiger partial charge in [-0.3, -0.25) is 9.59 Å². The standard InChI is InChI=1S/C24H40O4Si/c1-24(2,3)29(4,5)28-21-17-20(25)19(15-11-6-7-12-16-22(26)27)23(21)18-13-9-8-10-14-18/h6,11,13,19,21,23H,7-10,12,14-17H2,1-5H3,(H,26,27)/t19-,21+,23+/m0/s1. The molecule has 1 fully saturated rings. The summed E-state index contributed by atoms with van der Waals surface area (Å²) >= 11 is 0. The van der Waals surface area contributed by atoms with Gasteiger partial charge in [0.1, 0.15) is 5.78 Å². The van der Waals surface area contributed by atoms with Gasteiger partial charge in [0.15, 0.2) is 8.32 Å². The van der Waals surface area contributed by atoms with Gasteiger partial charge in [0.25, 0.3) is 0 Å². The van der Waals surface area contributed by atoms with Crippen molar-refractivity contribution in [3.8, 4) is 0 Å². The molecule has 0 bridgehead atoms. The van der Waals surface area contributed by atoms with Gasteiger partial charge in [-0.1, -0.05) is 44.6 Å². The molecule has 0 aromatic rings. The third-order valence-corrected chi connectivity index (χ3v) is 11.5. The molecule has 0 amide bonds. The van der Waals surface area contributed by atoms with Gasteiger partial charge in [-0.05, 0) is 63.1 Å². The minimum Gasteiger partial charge on any atom is -0.481 e. The van der Waals surface area contributed by atoms with Gasteiger partial charge in [-0.25, -0.2) is 0 Å². The summed E-state index contributed by atoms with van der Waals surface area (Å²) in [6.07, 6.45) is 14.1. The van der Waals surface area contributed by atoms with Crippen LogP contribution in [-0.4, -0.2) is 31.3 Å². The van der Waals surface area contributed by atoms with Crippen LogP contribution in [0.3, 0.4) is 0 Å². The van der Waals surface area contributed by atoms with Crippen LogP contribution in [-0.2, 0) is 14.0 Å².